The van der Waals surface area contributed by atoms with Crippen LogP contribution in [0.3, 0.4) is 0 Å². The average molecular weight is 427 g/mol. The van der Waals surface area contributed by atoms with Gasteiger partial charge in [0.05, 0.1) is 0 Å². The van der Waals surface area contributed by atoms with E-state index in [0.717, 1.165) is 48.5 Å². The molecule has 1 fully saturated rings. The van der Waals surface area contributed by atoms with Gasteiger partial charge in [-0.1, -0.05) is 78.0 Å². The van der Waals surface area contributed by atoms with Crippen molar-refractivity contribution in [3.8, 4) is 0 Å². The van der Waals surface area contributed by atoms with Crippen LogP contribution in [0.4, 0.5) is 0 Å². The van der Waals surface area contributed by atoms with Gasteiger partial charge in [-0.15, -0.1) is 0 Å². The summed E-state index contributed by atoms with van der Waals surface area (Å²) in [4.78, 5) is 7.77. The van der Waals surface area contributed by atoms with E-state index in [4.69, 9.17) is 9.94 Å². The fraction of sp³-hybridized carbons (Fsp3) is 0.333. The molecule has 3 aromatic rings. The van der Waals surface area contributed by atoms with E-state index in [1.165, 1.54) is 11.1 Å². The SMILES string of the molecule is CN(C)CCO/N=C(/c1n[nH]c2c1C=CC(c1ccccc1)(c1ccccc1)C2)C1CC1. The summed E-state index contributed by atoms with van der Waals surface area (Å²) in [5, 5.41) is 12.6. The van der Waals surface area contributed by atoms with Gasteiger partial charge in [0, 0.05) is 35.6 Å². The smallest absolute Gasteiger partial charge is 0.129 e. The van der Waals surface area contributed by atoms with Crippen LogP contribution in [0.25, 0.3) is 6.08 Å². The fourth-order valence-corrected chi connectivity index (χ4v) is 4.50. The molecule has 0 saturated heterocycles. The van der Waals surface area contributed by atoms with Crippen LogP contribution in [-0.2, 0) is 16.7 Å². The highest BCUT2D eigenvalue weighted by Crippen LogP contribution is 2.43. The molecule has 1 aromatic heterocycles. The van der Waals surface area contributed by atoms with E-state index < -0.39 is 0 Å². The first-order chi connectivity index (χ1) is 15.7. The quantitative estimate of drug-likeness (QED) is 0.324. The number of rotatable bonds is 8. The minimum atomic E-state index is -0.224. The highest BCUT2D eigenvalue weighted by molar-refractivity contribution is 6.04. The second kappa shape index (κ2) is 8.75. The van der Waals surface area contributed by atoms with Gasteiger partial charge in [0.15, 0.2) is 0 Å². The molecular weight excluding hydrogens is 396 g/mol. The van der Waals surface area contributed by atoms with Crippen LogP contribution in [0.1, 0.15) is 40.9 Å². The Morgan fingerprint density at radius 1 is 1.06 bits per heavy atom. The first-order valence-electron chi connectivity index (χ1n) is 11.4. The molecule has 0 spiro atoms. The summed E-state index contributed by atoms with van der Waals surface area (Å²) >= 11 is 0. The first-order valence-corrected chi connectivity index (χ1v) is 11.4. The predicted octanol–water partition coefficient (Wildman–Crippen LogP) is 4.66. The number of nitrogens with zero attached hydrogens (tertiary/aromatic N) is 3. The van der Waals surface area contributed by atoms with Gasteiger partial charge in [0.1, 0.15) is 18.0 Å². The number of aromatic amines is 1. The van der Waals surface area contributed by atoms with Crippen molar-refractivity contribution in [1.29, 1.82) is 0 Å². The van der Waals surface area contributed by atoms with Crippen LogP contribution < -0.4 is 0 Å². The maximum atomic E-state index is 5.67. The number of oxime groups is 1. The fourth-order valence-electron chi connectivity index (χ4n) is 4.50. The molecule has 0 unspecified atom stereocenters. The Morgan fingerprint density at radius 2 is 1.72 bits per heavy atom. The van der Waals surface area contributed by atoms with Crippen molar-refractivity contribution in [2.24, 2.45) is 11.1 Å². The monoisotopic (exact) mass is 426 g/mol. The van der Waals surface area contributed by atoms with Crippen molar-refractivity contribution in [2.45, 2.75) is 24.7 Å². The van der Waals surface area contributed by atoms with Crippen LogP contribution in [0.5, 0.6) is 0 Å². The highest BCUT2D eigenvalue weighted by Gasteiger charge is 2.38. The number of benzene rings is 2. The third kappa shape index (κ3) is 4.00. The number of likely N-dealkylation sites (N-methyl/N-ethyl adjacent to an activating group) is 1. The van der Waals surface area contributed by atoms with Gasteiger partial charge in [0.25, 0.3) is 0 Å². The van der Waals surface area contributed by atoms with Crippen LogP contribution in [0.15, 0.2) is 71.9 Å². The van der Waals surface area contributed by atoms with Crippen molar-refractivity contribution in [3.05, 3.63) is 94.8 Å². The maximum absolute atomic E-state index is 5.67. The van der Waals surface area contributed by atoms with Gasteiger partial charge < -0.3 is 9.74 Å². The lowest BCUT2D eigenvalue weighted by Crippen LogP contribution is -2.30. The molecule has 1 heterocycles. The normalized spacial score (nSPS) is 17.4. The number of hydrogen-bond acceptors (Lipinski definition) is 4. The Kier molecular flexibility index (Phi) is 5.66. The van der Waals surface area contributed by atoms with Crippen molar-refractivity contribution in [1.82, 2.24) is 15.1 Å². The Balaban J connectivity index is 1.50. The molecule has 1 N–H and O–H groups in total. The van der Waals surface area contributed by atoms with Crippen molar-refractivity contribution >= 4 is 11.8 Å². The zero-order chi connectivity index (χ0) is 22.0. The standard InChI is InChI=1S/C27H30N4O/c1-31(2)17-18-32-30-25(20-13-14-20)26-23-15-16-27(19-24(23)28-29-26,21-9-5-3-6-10-21)22-11-7-4-8-12-22/h3-12,15-16,20H,13-14,17-19H2,1-2H3,(H,28,29)/b30-25+. The Hall–Kier alpha value is -3.18. The maximum Gasteiger partial charge on any atom is 0.129 e. The van der Waals surface area contributed by atoms with Gasteiger partial charge in [-0.25, -0.2) is 0 Å². The van der Waals surface area contributed by atoms with Crippen LogP contribution in [-0.4, -0.2) is 48.1 Å². The highest BCUT2D eigenvalue weighted by atomic mass is 16.6. The second-order valence-electron chi connectivity index (χ2n) is 9.07. The van der Waals surface area contributed by atoms with E-state index in [0.29, 0.717) is 12.5 Å². The summed E-state index contributed by atoms with van der Waals surface area (Å²) < 4.78 is 0. The molecule has 0 bridgehead atoms. The van der Waals surface area contributed by atoms with Crippen molar-refractivity contribution in [3.63, 3.8) is 0 Å². The lowest BCUT2D eigenvalue weighted by atomic mass is 9.68. The number of allylic oxidation sites excluding steroid dienone is 1. The molecule has 0 amide bonds. The van der Waals surface area contributed by atoms with Gasteiger partial charge in [0.2, 0.25) is 0 Å². The number of aromatic nitrogens is 2. The molecule has 1 saturated carbocycles. The van der Waals surface area contributed by atoms with Gasteiger partial charge >= 0.3 is 0 Å². The minimum absolute atomic E-state index is 0.224. The summed E-state index contributed by atoms with van der Waals surface area (Å²) in [5.74, 6) is 0.449. The first kappa shape index (κ1) is 20.7. The molecule has 2 aliphatic carbocycles. The van der Waals surface area contributed by atoms with Gasteiger partial charge in [-0.2, -0.15) is 5.10 Å². The minimum Gasteiger partial charge on any atom is -0.394 e. The second-order valence-corrected chi connectivity index (χ2v) is 9.07. The van der Waals surface area contributed by atoms with E-state index in [1.807, 2.05) is 14.1 Å². The summed E-state index contributed by atoms with van der Waals surface area (Å²) in [6, 6.07) is 21.5. The van der Waals surface area contributed by atoms with Crippen molar-refractivity contribution < 1.29 is 4.84 Å². The zero-order valence-corrected chi connectivity index (χ0v) is 18.8. The number of fused-ring (bicyclic) bond motifs is 1. The molecule has 2 aromatic carbocycles. The van der Waals surface area contributed by atoms with Gasteiger partial charge in [-0.3, -0.25) is 5.10 Å². The molecule has 0 atom stereocenters. The molecule has 2 aliphatic rings. The predicted molar refractivity (Wildman–Crippen MR) is 129 cm³/mol. The Labute approximate surface area is 189 Å². The molecule has 0 aliphatic heterocycles. The Morgan fingerprint density at radius 3 is 2.31 bits per heavy atom. The van der Waals surface area contributed by atoms with E-state index in [2.05, 4.69) is 88.0 Å². The van der Waals surface area contributed by atoms with E-state index in [1.54, 1.807) is 0 Å². The van der Waals surface area contributed by atoms with E-state index in [-0.39, 0.29) is 5.41 Å². The topological polar surface area (TPSA) is 53.5 Å². The lowest BCUT2D eigenvalue weighted by molar-refractivity contribution is 0.125. The van der Waals surface area contributed by atoms with Gasteiger partial charge in [-0.05, 0) is 38.1 Å². The number of nitrogens with one attached hydrogen (secondary N) is 1. The molecule has 0 radical (unpaired) electrons. The third-order valence-corrected chi connectivity index (χ3v) is 6.45. The van der Waals surface area contributed by atoms with Crippen LogP contribution in [0.2, 0.25) is 0 Å². The van der Waals surface area contributed by atoms with E-state index in [9.17, 15) is 0 Å². The molecular formula is C27H30N4O. The molecule has 32 heavy (non-hydrogen) atoms. The van der Waals surface area contributed by atoms with E-state index >= 15 is 0 Å². The van der Waals surface area contributed by atoms with Crippen molar-refractivity contribution in [2.75, 3.05) is 27.2 Å². The van der Waals surface area contributed by atoms with Crippen LogP contribution >= 0.6 is 0 Å². The average Bonchev–Trinajstić information content (AvgIpc) is 3.59. The molecule has 5 heteroatoms. The Bertz CT molecular complexity index is 1070. The summed E-state index contributed by atoms with van der Waals surface area (Å²) in [7, 11) is 4.07. The zero-order valence-electron chi connectivity index (χ0n) is 18.8. The van der Waals surface area contributed by atoms with Crippen LogP contribution in [0, 0.1) is 5.92 Å². The molecule has 164 valence electrons. The molecule has 5 nitrogen and oxygen atoms in total. The summed E-state index contributed by atoms with van der Waals surface area (Å²) in [6.45, 7) is 1.42. The number of H-pyrrole nitrogens is 1. The number of hydrogen-bond donors (Lipinski definition) is 1. The summed E-state index contributed by atoms with van der Waals surface area (Å²) in [6.07, 6.45) is 7.71. The third-order valence-electron chi connectivity index (χ3n) is 6.45. The largest absolute Gasteiger partial charge is 0.394 e. The lowest BCUT2D eigenvalue weighted by Gasteiger charge is -2.34. The molecule has 5 rings (SSSR count). The summed E-state index contributed by atoms with van der Waals surface area (Å²) in [5.41, 5.74) is 6.57.